The molecule has 0 bridgehead atoms. The van der Waals surface area contributed by atoms with Crippen LogP contribution < -0.4 is 4.74 Å². The van der Waals surface area contributed by atoms with Crippen molar-refractivity contribution in [1.29, 1.82) is 5.26 Å². The molecular weight excluding hydrogens is 381 g/mol. The third-order valence-electron chi connectivity index (χ3n) is 5.20. The van der Waals surface area contributed by atoms with E-state index in [0.29, 0.717) is 0 Å². The molecular formula is C20H12F5NO2. The minimum Gasteiger partial charge on any atom is -0.457 e. The van der Waals surface area contributed by atoms with Gasteiger partial charge in [-0.3, -0.25) is 0 Å². The zero-order chi connectivity index (χ0) is 20.5. The first-order valence-electron chi connectivity index (χ1n) is 8.25. The molecule has 1 atom stereocenters. The Labute approximate surface area is 156 Å². The van der Waals surface area contributed by atoms with Crippen LogP contribution in [-0.2, 0) is 11.5 Å². The van der Waals surface area contributed by atoms with Crippen molar-refractivity contribution in [2.45, 2.75) is 30.3 Å². The number of rotatable bonds is 2. The van der Waals surface area contributed by atoms with Gasteiger partial charge in [-0.2, -0.15) is 22.8 Å². The Kier molecular flexibility index (Phi) is 3.66. The van der Waals surface area contributed by atoms with Crippen molar-refractivity contribution in [2.24, 2.45) is 0 Å². The molecule has 8 heteroatoms. The lowest BCUT2D eigenvalue weighted by Gasteiger charge is -2.36. The molecule has 1 N–H and O–H groups in total. The highest BCUT2D eigenvalue weighted by molar-refractivity contribution is 5.78. The highest BCUT2D eigenvalue weighted by Crippen LogP contribution is 2.66. The van der Waals surface area contributed by atoms with E-state index in [9.17, 15) is 27.1 Å². The van der Waals surface area contributed by atoms with E-state index in [1.807, 2.05) is 0 Å². The lowest BCUT2D eigenvalue weighted by atomic mass is 9.76. The maximum Gasteiger partial charge on any atom is 0.346 e. The second-order valence-corrected chi connectivity index (χ2v) is 6.86. The van der Waals surface area contributed by atoms with Crippen molar-refractivity contribution in [2.75, 3.05) is 0 Å². The summed E-state index contributed by atoms with van der Waals surface area (Å²) in [6.45, 7) is 3.73. The lowest BCUT2D eigenvalue weighted by molar-refractivity contribution is -0.287. The van der Waals surface area contributed by atoms with E-state index in [-0.39, 0.29) is 34.6 Å². The summed E-state index contributed by atoms with van der Waals surface area (Å²) in [6, 6.07) is 6.71. The van der Waals surface area contributed by atoms with Crippen LogP contribution in [0.4, 0.5) is 22.0 Å². The van der Waals surface area contributed by atoms with Gasteiger partial charge in [0.05, 0.1) is 11.6 Å². The Bertz CT molecular complexity index is 1070. The molecule has 0 fully saturated rings. The van der Waals surface area contributed by atoms with Crippen LogP contribution in [0.5, 0.6) is 11.5 Å². The molecule has 2 aromatic carbocycles. The largest absolute Gasteiger partial charge is 0.457 e. The monoisotopic (exact) mass is 393 g/mol. The maximum atomic E-state index is 14.5. The van der Waals surface area contributed by atoms with Crippen molar-refractivity contribution in [1.82, 2.24) is 0 Å². The molecule has 144 valence electrons. The first kappa shape index (κ1) is 18.4. The predicted molar refractivity (Wildman–Crippen MR) is 88.6 cm³/mol. The summed E-state index contributed by atoms with van der Waals surface area (Å²) in [7, 11) is 0. The van der Waals surface area contributed by atoms with E-state index in [1.54, 1.807) is 6.07 Å². The van der Waals surface area contributed by atoms with Crippen molar-refractivity contribution >= 4 is 5.57 Å². The van der Waals surface area contributed by atoms with Crippen molar-refractivity contribution in [3.05, 3.63) is 65.0 Å². The number of aliphatic hydroxyl groups is 1. The van der Waals surface area contributed by atoms with Gasteiger partial charge in [0.25, 0.3) is 0 Å². The average molecular weight is 393 g/mol. The fourth-order valence-electron chi connectivity index (χ4n) is 3.85. The van der Waals surface area contributed by atoms with Crippen LogP contribution in [0, 0.1) is 17.1 Å². The molecule has 2 aliphatic rings. The summed E-state index contributed by atoms with van der Waals surface area (Å²) in [5, 5.41) is 19.5. The third kappa shape index (κ3) is 2.17. The number of nitriles is 1. The van der Waals surface area contributed by atoms with Gasteiger partial charge in [-0.1, -0.05) is 6.58 Å². The van der Waals surface area contributed by atoms with Gasteiger partial charge >= 0.3 is 11.8 Å². The van der Waals surface area contributed by atoms with Crippen LogP contribution in [0.15, 0.2) is 36.9 Å². The Balaban J connectivity index is 1.92. The fraction of sp³-hybridized carbons (Fsp3) is 0.250. The first-order chi connectivity index (χ1) is 13.0. The number of hydrogen-bond acceptors (Lipinski definition) is 3. The smallest absolute Gasteiger partial charge is 0.346 e. The molecule has 2 aromatic rings. The number of allylic oxidation sites excluding steroid dienone is 1. The summed E-state index contributed by atoms with van der Waals surface area (Å²) in [4.78, 5) is 0. The first-order valence-corrected chi connectivity index (χ1v) is 8.25. The Morgan fingerprint density at radius 2 is 1.86 bits per heavy atom. The molecule has 0 saturated carbocycles. The van der Waals surface area contributed by atoms with E-state index in [2.05, 4.69) is 6.58 Å². The van der Waals surface area contributed by atoms with Gasteiger partial charge in [0.1, 0.15) is 17.3 Å². The number of alkyl halides is 4. The molecule has 4 rings (SSSR count). The number of benzene rings is 2. The lowest BCUT2D eigenvalue weighted by Crippen LogP contribution is -2.49. The van der Waals surface area contributed by atoms with Crippen molar-refractivity contribution in [3.8, 4) is 17.6 Å². The van der Waals surface area contributed by atoms with Crippen LogP contribution in [0.25, 0.3) is 5.57 Å². The molecule has 0 aromatic heterocycles. The quantitative estimate of drug-likeness (QED) is 0.712. The SMILES string of the molecule is C=C1CCC2(O)c3c(ccc(Oc4cc(F)cc(C#N)c4)c31)C(F)(F)C2(F)F. The highest BCUT2D eigenvalue weighted by Gasteiger charge is 2.77. The van der Waals surface area contributed by atoms with Crippen molar-refractivity contribution in [3.63, 3.8) is 0 Å². The van der Waals surface area contributed by atoms with E-state index in [4.69, 9.17) is 10.00 Å². The van der Waals surface area contributed by atoms with E-state index in [1.165, 1.54) is 6.07 Å². The van der Waals surface area contributed by atoms with Gasteiger partial charge in [0.2, 0.25) is 0 Å². The van der Waals surface area contributed by atoms with Crippen molar-refractivity contribution < 1.29 is 31.8 Å². The van der Waals surface area contributed by atoms with E-state index >= 15 is 0 Å². The minimum atomic E-state index is -4.71. The van der Waals surface area contributed by atoms with Gasteiger partial charge in [0, 0.05) is 22.8 Å². The summed E-state index contributed by atoms with van der Waals surface area (Å²) in [5.74, 6) is -10.3. The van der Waals surface area contributed by atoms with Crippen LogP contribution >= 0.6 is 0 Å². The number of hydrogen-bond donors (Lipinski definition) is 1. The number of halogens is 5. The number of ether oxygens (including phenoxy) is 1. The summed E-state index contributed by atoms with van der Waals surface area (Å²) >= 11 is 0. The Hall–Kier alpha value is -2.92. The second-order valence-electron chi connectivity index (χ2n) is 6.86. The van der Waals surface area contributed by atoms with Crippen LogP contribution in [0.1, 0.15) is 35.1 Å². The molecule has 0 radical (unpaired) electrons. The van der Waals surface area contributed by atoms with Gasteiger partial charge < -0.3 is 9.84 Å². The normalized spacial score (nSPS) is 23.8. The molecule has 0 amide bonds. The molecule has 0 heterocycles. The molecule has 0 spiro atoms. The predicted octanol–water partition coefficient (Wildman–Crippen LogP) is 5.22. The zero-order valence-electron chi connectivity index (χ0n) is 14.2. The van der Waals surface area contributed by atoms with E-state index in [0.717, 1.165) is 24.3 Å². The molecule has 0 aliphatic heterocycles. The van der Waals surface area contributed by atoms with Gasteiger partial charge in [-0.05, 0) is 42.7 Å². The standard InChI is InChI=1S/C20H12F5NO2/c1-10-4-5-18(27)17-14(19(22,23)20(18,24)25)2-3-15(16(10)17)28-13-7-11(9-26)6-12(21)8-13/h2-3,6-8,27H,1,4-5H2. The summed E-state index contributed by atoms with van der Waals surface area (Å²) < 4.78 is 76.8. The second kappa shape index (κ2) is 5.55. The third-order valence-corrected chi connectivity index (χ3v) is 5.20. The zero-order valence-corrected chi connectivity index (χ0v) is 14.2. The van der Waals surface area contributed by atoms with Gasteiger partial charge in [0.15, 0.2) is 5.60 Å². The fourth-order valence-corrected chi connectivity index (χ4v) is 3.85. The Morgan fingerprint density at radius 3 is 2.54 bits per heavy atom. The average Bonchev–Trinajstić information content (AvgIpc) is 2.74. The number of nitrogens with zero attached hydrogens (tertiary/aromatic N) is 1. The van der Waals surface area contributed by atoms with E-state index < -0.39 is 40.8 Å². The minimum absolute atomic E-state index is 0.0433. The molecule has 2 aliphatic carbocycles. The highest BCUT2D eigenvalue weighted by atomic mass is 19.3. The van der Waals surface area contributed by atoms with Gasteiger partial charge in [-0.15, -0.1) is 0 Å². The molecule has 3 nitrogen and oxygen atoms in total. The molecule has 1 unspecified atom stereocenters. The summed E-state index contributed by atoms with van der Waals surface area (Å²) in [5.41, 5.74) is -4.62. The molecule has 0 saturated heterocycles. The maximum absolute atomic E-state index is 14.5. The molecule has 28 heavy (non-hydrogen) atoms. The Morgan fingerprint density at radius 1 is 1.14 bits per heavy atom. The van der Waals surface area contributed by atoms with Crippen LogP contribution in [0.3, 0.4) is 0 Å². The summed E-state index contributed by atoms with van der Waals surface area (Å²) in [6.07, 6.45) is -0.766. The topological polar surface area (TPSA) is 53.2 Å². The van der Waals surface area contributed by atoms with Gasteiger partial charge in [-0.25, -0.2) is 4.39 Å². The van der Waals surface area contributed by atoms with Crippen LogP contribution in [-0.4, -0.2) is 11.0 Å². The van der Waals surface area contributed by atoms with Crippen LogP contribution in [0.2, 0.25) is 0 Å².